The predicted octanol–water partition coefficient (Wildman–Crippen LogP) is 0.670. The van der Waals surface area contributed by atoms with Crippen LogP contribution in [0, 0.1) is 0 Å². The van der Waals surface area contributed by atoms with Gasteiger partial charge in [0, 0.05) is 127 Å². The summed E-state index contributed by atoms with van der Waals surface area (Å²) in [5.74, 6) is 0. The average molecular weight is 1710 g/mol. The lowest BCUT2D eigenvalue weighted by molar-refractivity contribution is -0.00301. The van der Waals surface area contributed by atoms with Crippen LogP contribution in [0.1, 0.15) is 64.2 Å². The van der Waals surface area contributed by atoms with Gasteiger partial charge in [0.25, 0.3) is 0 Å². The fraction of sp³-hybridized carbons (Fsp3) is 1.00. The van der Waals surface area contributed by atoms with Crippen LogP contribution in [0.2, 0.25) is 60.4 Å². The average Bonchev–Trinajstić information content (AvgIpc) is 0.931. The van der Waals surface area contributed by atoms with Crippen molar-refractivity contribution in [1.82, 2.24) is 0 Å². The third kappa shape index (κ3) is 29.6. The summed E-state index contributed by atoms with van der Waals surface area (Å²) in [5, 5.41) is 0. The number of fused-ring (bicyclic) bond motifs is 6. The molecule has 18 unspecified atom stereocenters. The lowest BCUT2D eigenvalue weighted by Crippen LogP contribution is -2.83. The molecule has 37 nitrogen and oxygen atoms in total. The van der Waals surface area contributed by atoms with Crippen molar-refractivity contribution in [3.8, 4) is 0 Å². The second kappa shape index (κ2) is 39.5. The lowest BCUT2D eigenvalue weighted by Gasteiger charge is -2.58. The molecule has 14 heterocycles. The molecule has 4 N–H and O–H groups in total. The first kappa shape index (κ1) is 84.2. The van der Waals surface area contributed by atoms with Crippen LogP contribution in [0.25, 0.3) is 0 Å². The minimum absolute atomic E-state index is 0.0432. The van der Waals surface area contributed by atoms with Gasteiger partial charge in [-0.05, 0) is 64.2 Å². The maximum Gasteiger partial charge on any atom is 0.483 e. The Bertz CT molecular complexity index is 2360. The van der Waals surface area contributed by atoms with Crippen molar-refractivity contribution in [2.75, 3.05) is 198 Å². The van der Waals surface area contributed by atoms with Gasteiger partial charge in [-0.25, -0.2) is 0 Å². The van der Waals surface area contributed by atoms with E-state index in [1.54, 1.807) is 0 Å². The molecule has 0 aromatic rings. The first-order valence-electron chi connectivity index (χ1n) is 38.9. The van der Waals surface area contributed by atoms with E-state index in [9.17, 15) is 19.2 Å². The highest BCUT2D eigenvalue weighted by Crippen LogP contribution is 2.51. The normalized spacial score (nSPS) is 41.2. The molecule has 0 saturated carbocycles. The summed E-state index contributed by atoms with van der Waals surface area (Å²) in [5.41, 5.74) is 0. The molecule has 107 heavy (non-hydrogen) atoms. The number of ether oxygens (including phenoxy) is 20. The number of epoxide rings is 10. The fourth-order valence-electron chi connectivity index (χ4n) is 12.6. The Morgan fingerprint density at radius 2 is 0.299 bits per heavy atom. The molecular weight excluding hydrogens is 1590 g/mol. The maximum absolute atomic E-state index is 13.9. The summed E-state index contributed by atoms with van der Waals surface area (Å²) in [7, 11) is -50.1. The minimum atomic E-state index is -5.10. The first-order valence-corrected chi connectivity index (χ1v) is 58.4. The highest BCUT2D eigenvalue weighted by molar-refractivity contribution is 7.00. The highest BCUT2D eigenvalue weighted by atomic mass is 28.6. The zero-order valence-corrected chi connectivity index (χ0v) is 71.4. The molecule has 14 rings (SSSR count). The van der Waals surface area contributed by atoms with Crippen LogP contribution in [0.5, 0.6) is 0 Å². The van der Waals surface area contributed by atoms with Gasteiger partial charge in [0.2, 0.25) is 0 Å². The lowest BCUT2D eigenvalue weighted by atomic mass is 10.5. The monoisotopic (exact) mass is 1710 g/mol. The van der Waals surface area contributed by atoms with Gasteiger partial charge in [-0.2, -0.15) is 0 Å². The molecule has 0 spiro atoms. The zero-order chi connectivity index (χ0) is 73.5. The molecular formula is C60H114O37Si10. The van der Waals surface area contributed by atoms with Gasteiger partial charge in [0.05, 0.1) is 132 Å². The SMILES string of the molecule is O[Si]1(CCCOCC2CO2)O[Si](O)(CCCOCC2CO2)O[Si]2(CCCOCC3CO3)O[Si](CCCOCC3CO3)(O1)O[Si]1(CCCOCC3CO3)O[Si]3(CCCOCC4CO4)O[Si](O)(CCCOCC4CO4)O[Si](O)(CCCOCC4CO4)O[Si](CCCOCC4CO4)(O3)O[Si](CCCOCC3CO3)(O2)O1. The van der Waals surface area contributed by atoms with Crippen molar-refractivity contribution in [1.29, 1.82) is 0 Å². The maximum atomic E-state index is 13.9. The molecule has 0 aromatic carbocycles. The minimum Gasteiger partial charge on any atom is -0.391 e. The van der Waals surface area contributed by atoms with Crippen LogP contribution in [-0.2, 0) is 148 Å². The van der Waals surface area contributed by atoms with Gasteiger partial charge in [0.1, 0.15) is 61.0 Å². The van der Waals surface area contributed by atoms with Crippen molar-refractivity contribution in [2.24, 2.45) is 0 Å². The fourth-order valence-corrected chi connectivity index (χ4v) is 66.0. The van der Waals surface area contributed by atoms with Gasteiger partial charge in [-0.3, -0.25) is 0 Å². The van der Waals surface area contributed by atoms with E-state index in [2.05, 4.69) is 0 Å². The zero-order valence-electron chi connectivity index (χ0n) is 61.4. The number of rotatable bonds is 60. The van der Waals surface area contributed by atoms with Crippen LogP contribution in [0.15, 0.2) is 0 Å². The van der Waals surface area contributed by atoms with Crippen LogP contribution < -0.4 is 0 Å². The van der Waals surface area contributed by atoms with Gasteiger partial charge in [-0.1, -0.05) is 0 Å². The van der Waals surface area contributed by atoms with E-state index in [1.165, 1.54) is 0 Å². The molecule has 6 bridgehead atoms. The van der Waals surface area contributed by atoms with Crippen molar-refractivity contribution < 1.29 is 167 Å². The molecule has 0 radical (unpaired) electrons. The highest BCUT2D eigenvalue weighted by Gasteiger charge is 2.79. The number of hydrogen-bond donors (Lipinski definition) is 4. The van der Waals surface area contributed by atoms with Crippen molar-refractivity contribution in [3.63, 3.8) is 0 Å². The quantitative estimate of drug-likeness (QED) is 0.0369. The molecule has 0 amide bonds. The van der Waals surface area contributed by atoms with E-state index < -0.39 is 88.0 Å². The third-order valence-corrected chi connectivity index (χ3v) is 61.2. The Kier molecular flexibility index (Phi) is 31.1. The second-order valence-electron chi connectivity index (χ2n) is 29.6. The van der Waals surface area contributed by atoms with Crippen LogP contribution in [0.3, 0.4) is 0 Å². The van der Waals surface area contributed by atoms with Crippen LogP contribution >= 0.6 is 0 Å². The van der Waals surface area contributed by atoms with Crippen molar-refractivity contribution in [2.45, 2.75) is 186 Å². The molecule has 14 fully saturated rings. The first-order chi connectivity index (χ1) is 52.0. The Labute approximate surface area is 636 Å². The summed E-state index contributed by atoms with van der Waals surface area (Å²) in [4.78, 5) is 55.4. The van der Waals surface area contributed by atoms with E-state index >= 15 is 0 Å². The van der Waals surface area contributed by atoms with E-state index in [4.69, 9.17) is 148 Å². The predicted molar refractivity (Wildman–Crippen MR) is 380 cm³/mol. The molecule has 0 aliphatic carbocycles. The standard InChI is InChI=1S/C60H114O37Si10/c61-98(21-1-11-65-31-51-41-75-51)85-99(62,22-2-12-66-32-52-42-76-52)88-103(26-6-16-70-36-56-46-80-56)91-102(87-98,25-5-15-69-35-55-45-79-55)93-106(29-9-19-73-39-59-49-83-59)95-104(27-7-17-71-37-57-47-81-57)89-100(63,23-3-13-67-33-53-43-77-53)86-101(64,24-4-14-68-34-54-44-78-54)90-105(92-104,28-8-18-72-38-58-48-82-58)96-107(94-103,97-106)30-10-20-74-40-60-50-84-60/h51-64H,1-50H2. The van der Waals surface area contributed by atoms with Crippen molar-refractivity contribution >= 4 is 88.0 Å². The van der Waals surface area contributed by atoms with Crippen molar-refractivity contribution in [3.05, 3.63) is 0 Å². The van der Waals surface area contributed by atoms with Gasteiger partial charge >= 0.3 is 88.0 Å². The Hall–Kier alpha value is 0.689. The molecule has 47 heteroatoms. The molecule has 616 valence electrons. The summed E-state index contributed by atoms with van der Waals surface area (Å²) in [6.07, 6.45) is 1.24. The molecule has 14 aliphatic heterocycles. The van der Waals surface area contributed by atoms with E-state index in [1.807, 2.05) is 0 Å². The van der Waals surface area contributed by atoms with Gasteiger partial charge < -0.3 is 167 Å². The summed E-state index contributed by atoms with van der Waals surface area (Å²) < 4.78 is 219. The second-order valence-corrected chi connectivity index (χ2v) is 59.1. The molecule has 0 aromatic heterocycles. The van der Waals surface area contributed by atoms with Crippen LogP contribution in [0.4, 0.5) is 0 Å². The van der Waals surface area contributed by atoms with Crippen LogP contribution in [-0.4, -0.2) is 366 Å². The smallest absolute Gasteiger partial charge is 0.391 e. The topological polar surface area (TPSA) is 419 Å². The Balaban J connectivity index is 0.918. The summed E-state index contributed by atoms with van der Waals surface area (Å²) >= 11 is 0. The Morgan fingerprint density at radius 1 is 0.178 bits per heavy atom. The number of hydrogen-bond acceptors (Lipinski definition) is 37. The molecule has 14 saturated heterocycles. The van der Waals surface area contributed by atoms with Gasteiger partial charge in [0.15, 0.2) is 0 Å². The third-order valence-electron chi connectivity index (χ3n) is 18.9. The van der Waals surface area contributed by atoms with Gasteiger partial charge in [-0.15, -0.1) is 0 Å². The van der Waals surface area contributed by atoms with E-state index in [0.717, 1.165) is 0 Å². The molecule has 18 atom stereocenters. The Morgan fingerprint density at radius 3 is 0.430 bits per heavy atom. The molecule has 14 aliphatic rings. The summed E-state index contributed by atoms with van der Waals surface area (Å²) in [6.45, 7) is 10.3. The van der Waals surface area contributed by atoms with E-state index in [0.29, 0.717) is 132 Å². The summed E-state index contributed by atoms with van der Waals surface area (Å²) in [6, 6.07) is -1.29. The largest absolute Gasteiger partial charge is 0.483 e. The van der Waals surface area contributed by atoms with E-state index in [-0.39, 0.29) is 252 Å².